The lowest BCUT2D eigenvalue weighted by molar-refractivity contribution is -0.117. The van der Waals surface area contributed by atoms with Crippen molar-refractivity contribution in [3.8, 4) is 0 Å². The highest BCUT2D eigenvalue weighted by Crippen LogP contribution is 2.39. The molecule has 1 amide bonds. The Morgan fingerprint density at radius 2 is 1.77 bits per heavy atom. The molecule has 0 bridgehead atoms. The van der Waals surface area contributed by atoms with Crippen LogP contribution in [0.5, 0.6) is 0 Å². The van der Waals surface area contributed by atoms with E-state index in [0.29, 0.717) is 23.4 Å². The fourth-order valence-corrected chi connectivity index (χ4v) is 2.57. The molecule has 5 heteroatoms. The molecule has 1 aliphatic rings. The summed E-state index contributed by atoms with van der Waals surface area (Å²) in [5.74, 6) is 0.0657. The van der Waals surface area contributed by atoms with E-state index in [1.165, 1.54) is 0 Å². The first-order valence-corrected chi connectivity index (χ1v) is 7.09. The Bertz CT molecular complexity index is 728. The summed E-state index contributed by atoms with van der Waals surface area (Å²) in [6.45, 7) is 0. The molecule has 0 spiro atoms. The average Bonchev–Trinajstić information content (AvgIpc) is 2.54. The number of amides is 1. The van der Waals surface area contributed by atoms with Gasteiger partial charge in [-0.1, -0.05) is 48.5 Å². The second-order valence-electron chi connectivity index (χ2n) is 5.21. The van der Waals surface area contributed by atoms with Crippen LogP contribution in [0.1, 0.15) is 24.0 Å². The van der Waals surface area contributed by atoms with Crippen LogP contribution in [0.3, 0.4) is 0 Å². The van der Waals surface area contributed by atoms with Crippen LogP contribution in [0.4, 0.5) is 5.69 Å². The molecule has 22 heavy (non-hydrogen) atoms. The van der Waals surface area contributed by atoms with Crippen molar-refractivity contribution in [1.29, 1.82) is 0 Å². The number of hydrogen-bond acceptors (Lipinski definition) is 3. The average molecular weight is 294 g/mol. The molecular weight excluding hydrogens is 278 g/mol. The van der Waals surface area contributed by atoms with E-state index in [1.54, 1.807) is 18.2 Å². The molecule has 0 saturated heterocycles. The van der Waals surface area contributed by atoms with E-state index in [-0.39, 0.29) is 6.42 Å². The first-order chi connectivity index (χ1) is 10.6. The Morgan fingerprint density at radius 3 is 2.50 bits per heavy atom. The number of anilines is 1. The van der Waals surface area contributed by atoms with Crippen molar-refractivity contribution in [2.24, 2.45) is 10.7 Å². The molecule has 3 N–H and O–H groups in total. The summed E-state index contributed by atoms with van der Waals surface area (Å²) in [5.41, 5.74) is 5.33. The number of rotatable bonds is 4. The summed E-state index contributed by atoms with van der Waals surface area (Å²) in [6.07, 6.45) is 0.472. The highest BCUT2D eigenvalue weighted by atomic mass is 16.3. The summed E-state index contributed by atoms with van der Waals surface area (Å²) in [7, 11) is 0. The number of aliphatic imine (C=N–C) groups is 1. The third kappa shape index (κ3) is 2.58. The van der Waals surface area contributed by atoms with Crippen LogP contribution in [0.25, 0.3) is 0 Å². The number of hydrogen-bond donors (Lipinski definition) is 2. The Balaban J connectivity index is 2.07. The smallest absolute Gasteiger partial charge is 0.247 e. The van der Waals surface area contributed by atoms with Gasteiger partial charge in [-0.3, -0.25) is 4.79 Å². The van der Waals surface area contributed by atoms with Crippen LogP contribution < -0.4 is 11.1 Å². The van der Waals surface area contributed by atoms with Gasteiger partial charge in [-0.15, -0.1) is 0 Å². The summed E-state index contributed by atoms with van der Waals surface area (Å²) < 4.78 is 0. The molecule has 1 unspecified atom stereocenters. The molecule has 111 valence electrons. The fourth-order valence-electron chi connectivity index (χ4n) is 2.57. The number of nitrogens with one attached hydrogen (secondary N) is 1. The zero-order valence-corrected chi connectivity index (χ0v) is 12.0. The van der Waals surface area contributed by atoms with Crippen LogP contribution in [0, 0.1) is 0 Å². The zero-order chi connectivity index (χ0) is 15.6. The molecule has 2 aromatic rings. The minimum atomic E-state index is -1.71. The first kappa shape index (κ1) is 14.3. The van der Waals surface area contributed by atoms with Gasteiger partial charge in [0.2, 0.25) is 11.6 Å². The second kappa shape index (κ2) is 5.61. The monoisotopic (exact) mass is 294 g/mol. The van der Waals surface area contributed by atoms with Gasteiger partial charge in [0.15, 0.2) is 0 Å². The van der Waals surface area contributed by atoms with Gasteiger partial charge in [0.25, 0.3) is 0 Å². The molecule has 0 saturated carbocycles. The van der Waals surface area contributed by atoms with E-state index < -0.39 is 11.6 Å². The van der Waals surface area contributed by atoms with E-state index in [9.17, 15) is 9.90 Å². The van der Waals surface area contributed by atoms with E-state index in [4.69, 9.17) is 5.73 Å². The number of carbonyl (C=O) groups excluding carboxylic acids is 1. The van der Waals surface area contributed by atoms with Gasteiger partial charge < -0.3 is 11.1 Å². The Kier molecular flexibility index (Phi) is 3.65. The van der Waals surface area contributed by atoms with Crippen LogP contribution in [0.15, 0.2) is 59.6 Å². The largest absolute Gasteiger partial charge is 0.370 e. The van der Waals surface area contributed by atoms with E-state index >= 15 is 0 Å². The van der Waals surface area contributed by atoms with Gasteiger partial charge >= 0.3 is 0 Å². The number of amidine groups is 1. The van der Waals surface area contributed by atoms with Crippen molar-refractivity contribution in [1.82, 2.24) is 0 Å². The number of nitrogens with zero attached hydrogens (tertiary/aromatic N) is 1. The van der Waals surface area contributed by atoms with Gasteiger partial charge in [-0.05, 0) is 6.07 Å². The van der Waals surface area contributed by atoms with Gasteiger partial charge in [-0.25, -0.2) is 4.99 Å². The van der Waals surface area contributed by atoms with Crippen LogP contribution in [-0.2, 0) is 15.6 Å². The first-order valence-electron chi connectivity index (χ1n) is 7.09. The predicted octanol–water partition coefficient (Wildman–Crippen LogP) is 2.41. The molecular formula is C17H16N3O2. The highest BCUT2D eigenvalue weighted by Gasteiger charge is 2.38. The quantitative estimate of drug-likeness (QED) is 0.907. The minimum absolute atomic E-state index is 0.152. The topological polar surface area (TPSA) is 87.4 Å². The molecule has 0 aromatic heterocycles. The third-order valence-corrected chi connectivity index (χ3v) is 3.64. The zero-order valence-electron chi connectivity index (χ0n) is 12.0. The number of carbonyl (C=O) groups is 1. The van der Waals surface area contributed by atoms with Crippen LogP contribution >= 0.6 is 0 Å². The lowest BCUT2D eigenvalue weighted by Crippen LogP contribution is -2.33. The lowest BCUT2D eigenvalue weighted by atomic mass is 9.92. The van der Waals surface area contributed by atoms with Gasteiger partial charge in [0.05, 0.1) is 0 Å². The summed E-state index contributed by atoms with van der Waals surface area (Å²) in [4.78, 5) is 15.3. The van der Waals surface area contributed by atoms with Crippen LogP contribution in [0.2, 0.25) is 0 Å². The van der Waals surface area contributed by atoms with Crippen molar-refractivity contribution in [2.45, 2.75) is 18.6 Å². The Labute approximate surface area is 128 Å². The van der Waals surface area contributed by atoms with E-state index in [0.717, 1.165) is 5.69 Å². The molecule has 5 nitrogen and oxygen atoms in total. The van der Waals surface area contributed by atoms with Crippen molar-refractivity contribution < 1.29 is 9.90 Å². The minimum Gasteiger partial charge on any atom is -0.370 e. The van der Waals surface area contributed by atoms with Gasteiger partial charge in [0.1, 0.15) is 5.84 Å². The summed E-state index contributed by atoms with van der Waals surface area (Å²) in [6, 6.07) is 16.3. The SMILES string of the molecule is NC(=O)CCC1=NC([O])(c2ccccc2)c2ccccc2N1. The molecule has 0 fully saturated rings. The van der Waals surface area contributed by atoms with E-state index in [1.807, 2.05) is 36.4 Å². The Morgan fingerprint density at radius 1 is 1.09 bits per heavy atom. The maximum absolute atomic E-state index is 13.5. The predicted molar refractivity (Wildman–Crippen MR) is 83.8 cm³/mol. The molecule has 3 rings (SSSR count). The highest BCUT2D eigenvalue weighted by molar-refractivity contribution is 6.00. The lowest BCUT2D eigenvalue weighted by Gasteiger charge is -2.31. The number of primary amides is 1. The molecule has 1 atom stereocenters. The van der Waals surface area contributed by atoms with Gasteiger partial charge in [0, 0.05) is 29.7 Å². The number of para-hydroxylation sites is 1. The number of benzene rings is 2. The van der Waals surface area contributed by atoms with Crippen molar-refractivity contribution in [3.05, 3.63) is 65.7 Å². The van der Waals surface area contributed by atoms with E-state index in [2.05, 4.69) is 10.3 Å². The molecule has 1 heterocycles. The summed E-state index contributed by atoms with van der Waals surface area (Å²) in [5, 5.41) is 16.6. The second-order valence-corrected chi connectivity index (χ2v) is 5.21. The standard InChI is InChI=1S/C17H16N3O2/c18-15(21)10-11-16-19-14-9-5-4-8-13(14)17(22,20-16)12-6-2-1-3-7-12/h1-9H,10-11H2,(H2,18,21)(H,19,20). The van der Waals surface area contributed by atoms with Crippen molar-refractivity contribution in [2.75, 3.05) is 5.32 Å². The fraction of sp³-hybridized carbons (Fsp3) is 0.176. The molecule has 1 aliphatic heterocycles. The van der Waals surface area contributed by atoms with Crippen molar-refractivity contribution >= 4 is 17.4 Å². The third-order valence-electron chi connectivity index (χ3n) is 3.64. The molecule has 2 aromatic carbocycles. The maximum Gasteiger partial charge on any atom is 0.247 e. The van der Waals surface area contributed by atoms with Gasteiger partial charge in [-0.2, -0.15) is 5.11 Å². The molecule has 1 radical (unpaired) electrons. The number of nitrogens with two attached hydrogens (primary N) is 1. The maximum atomic E-state index is 13.5. The summed E-state index contributed by atoms with van der Waals surface area (Å²) >= 11 is 0. The van der Waals surface area contributed by atoms with Crippen molar-refractivity contribution in [3.63, 3.8) is 0 Å². The van der Waals surface area contributed by atoms with Crippen LogP contribution in [-0.4, -0.2) is 11.7 Å². The molecule has 0 aliphatic carbocycles. The number of fused-ring (bicyclic) bond motifs is 1. The normalized spacial score (nSPS) is 19.8. The Hall–Kier alpha value is -2.66.